The molecule has 2 N–H and O–H groups in total. The maximum Gasteiger partial charge on any atom is 0.341 e. The van der Waals surface area contributed by atoms with E-state index in [1.807, 2.05) is 0 Å². The van der Waals surface area contributed by atoms with Crippen molar-refractivity contribution in [3.8, 4) is 0 Å². The zero-order valence-corrected chi connectivity index (χ0v) is 20.8. The van der Waals surface area contributed by atoms with E-state index in [-0.39, 0.29) is 35.2 Å². The number of benzene rings is 2. The molecule has 0 atom stereocenters. The van der Waals surface area contributed by atoms with E-state index in [1.54, 1.807) is 38.1 Å². The number of sulfonamides is 1. The second-order valence-electron chi connectivity index (χ2n) is 7.55. The lowest BCUT2D eigenvalue weighted by atomic mass is 10.1. The average molecular weight is 522 g/mol. The number of aromatic nitrogens is 3. The number of ether oxygens (including phenoxy) is 2. The summed E-state index contributed by atoms with van der Waals surface area (Å²) in [4.78, 5) is 37.1. The lowest BCUT2D eigenvalue weighted by Crippen LogP contribution is -2.14. The summed E-state index contributed by atoms with van der Waals surface area (Å²) in [5.74, 6) is -1.17. The zero-order chi connectivity index (χ0) is 26.4. The molecule has 2 heterocycles. The fraction of sp³-hybridized carbons (Fsp3) is 0.160. The number of nitrogens with zero attached hydrogens (tertiary/aromatic N) is 3. The SMILES string of the molecule is CCOC(=O)c1ccc2ncc(C(=O)OCC)c(Nc3ccc(S(=O)(=O)Nc4ncccn4)cc3)c2c1. The molecular weight excluding hydrogens is 498 g/mol. The minimum Gasteiger partial charge on any atom is -0.462 e. The lowest BCUT2D eigenvalue weighted by Gasteiger charge is -2.15. The van der Waals surface area contributed by atoms with Gasteiger partial charge in [0.05, 0.1) is 34.9 Å². The number of esters is 2. The van der Waals surface area contributed by atoms with Gasteiger partial charge in [-0.2, -0.15) is 0 Å². The van der Waals surface area contributed by atoms with E-state index in [0.717, 1.165) is 0 Å². The van der Waals surface area contributed by atoms with E-state index in [4.69, 9.17) is 9.47 Å². The smallest absolute Gasteiger partial charge is 0.341 e. The van der Waals surface area contributed by atoms with Crippen LogP contribution in [0.15, 0.2) is 72.0 Å². The molecular formula is C25H23N5O6S. The monoisotopic (exact) mass is 521 g/mol. The molecule has 0 radical (unpaired) electrons. The molecule has 11 nitrogen and oxygen atoms in total. The number of hydrogen-bond acceptors (Lipinski definition) is 10. The number of rotatable bonds is 9. The number of carbonyl (C=O) groups is 2. The Bertz CT molecular complexity index is 1540. The topological polar surface area (TPSA) is 149 Å². The normalized spacial score (nSPS) is 11.1. The van der Waals surface area contributed by atoms with Crippen molar-refractivity contribution in [1.29, 1.82) is 0 Å². The van der Waals surface area contributed by atoms with Crippen molar-refractivity contribution in [2.45, 2.75) is 18.7 Å². The van der Waals surface area contributed by atoms with E-state index in [1.165, 1.54) is 42.9 Å². The highest BCUT2D eigenvalue weighted by Crippen LogP contribution is 2.31. The van der Waals surface area contributed by atoms with Crippen LogP contribution in [0.2, 0.25) is 0 Å². The van der Waals surface area contributed by atoms with E-state index < -0.39 is 22.0 Å². The third-order valence-electron chi connectivity index (χ3n) is 5.10. The summed E-state index contributed by atoms with van der Waals surface area (Å²) in [5.41, 5.74) is 1.79. The van der Waals surface area contributed by atoms with Crippen LogP contribution in [0.5, 0.6) is 0 Å². The average Bonchev–Trinajstić information content (AvgIpc) is 2.89. The van der Waals surface area contributed by atoms with Crippen molar-refractivity contribution in [2.24, 2.45) is 0 Å². The van der Waals surface area contributed by atoms with Crippen molar-refractivity contribution in [1.82, 2.24) is 15.0 Å². The predicted molar refractivity (Wildman–Crippen MR) is 136 cm³/mol. The van der Waals surface area contributed by atoms with Crippen LogP contribution in [0.1, 0.15) is 34.6 Å². The van der Waals surface area contributed by atoms with E-state index in [0.29, 0.717) is 22.3 Å². The van der Waals surface area contributed by atoms with Gasteiger partial charge in [0.15, 0.2) is 0 Å². The summed E-state index contributed by atoms with van der Waals surface area (Å²) in [6, 6.07) is 12.2. The molecule has 0 fully saturated rings. The van der Waals surface area contributed by atoms with Gasteiger partial charge in [-0.3, -0.25) is 4.98 Å². The molecule has 4 aromatic rings. The summed E-state index contributed by atoms with van der Waals surface area (Å²) >= 11 is 0. The first-order chi connectivity index (χ1) is 17.8. The fourth-order valence-electron chi connectivity index (χ4n) is 3.42. The molecule has 0 amide bonds. The van der Waals surface area contributed by atoms with E-state index >= 15 is 0 Å². The summed E-state index contributed by atoms with van der Waals surface area (Å²) in [6.07, 6.45) is 4.23. The summed E-state index contributed by atoms with van der Waals surface area (Å²) < 4.78 is 38.0. The second-order valence-corrected chi connectivity index (χ2v) is 9.23. The number of carbonyl (C=O) groups excluding carboxylic acids is 2. The Hall–Kier alpha value is -4.58. The first kappa shape index (κ1) is 25.5. The van der Waals surface area contributed by atoms with Crippen molar-refractivity contribution >= 4 is 50.2 Å². The molecule has 4 rings (SSSR count). The van der Waals surface area contributed by atoms with Gasteiger partial charge in [-0.05, 0) is 62.4 Å². The van der Waals surface area contributed by atoms with Gasteiger partial charge >= 0.3 is 11.9 Å². The molecule has 0 aliphatic carbocycles. The van der Waals surface area contributed by atoms with Gasteiger partial charge in [-0.15, -0.1) is 0 Å². The summed E-state index contributed by atoms with van der Waals surface area (Å²) in [7, 11) is -3.93. The van der Waals surface area contributed by atoms with Crippen LogP contribution in [0.25, 0.3) is 10.9 Å². The van der Waals surface area contributed by atoms with Crippen molar-refractivity contribution in [3.05, 3.63) is 78.2 Å². The Morgan fingerprint density at radius 1 is 0.892 bits per heavy atom. The minimum atomic E-state index is -3.93. The molecule has 2 aromatic carbocycles. The molecule has 0 aliphatic rings. The minimum absolute atomic E-state index is 0.0136. The molecule has 12 heteroatoms. The van der Waals surface area contributed by atoms with Crippen LogP contribution in [0.3, 0.4) is 0 Å². The van der Waals surface area contributed by atoms with Gasteiger partial charge in [-0.25, -0.2) is 32.7 Å². The maximum absolute atomic E-state index is 12.7. The van der Waals surface area contributed by atoms with Crippen molar-refractivity contribution in [2.75, 3.05) is 23.3 Å². The molecule has 0 unspecified atom stereocenters. The van der Waals surface area contributed by atoms with Gasteiger partial charge in [0, 0.05) is 29.7 Å². The third kappa shape index (κ3) is 5.81. The standard InChI is InChI=1S/C25H23N5O6S/c1-3-35-23(31)16-6-11-21-19(14-16)22(20(15-28-21)24(32)36-4-2)29-17-7-9-18(10-8-17)37(33,34)30-25-26-12-5-13-27-25/h5-15H,3-4H2,1-2H3,(H,28,29)(H,26,27,30). The Morgan fingerprint density at radius 2 is 1.57 bits per heavy atom. The number of nitrogens with one attached hydrogen (secondary N) is 2. The quantitative estimate of drug-likeness (QED) is 0.310. The lowest BCUT2D eigenvalue weighted by molar-refractivity contribution is 0.0518. The van der Waals surface area contributed by atoms with Gasteiger partial charge < -0.3 is 14.8 Å². The molecule has 0 saturated carbocycles. The number of pyridine rings is 1. The van der Waals surface area contributed by atoms with Crippen LogP contribution in [0.4, 0.5) is 17.3 Å². The molecule has 37 heavy (non-hydrogen) atoms. The van der Waals surface area contributed by atoms with Gasteiger partial charge in [0.2, 0.25) is 5.95 Å². The highest BCUT2D eigenvalue weighted by atomic mass is 32.2. The molecule has 0 bridgehead atoms. The number of fused-ring (bicyclic) bond motifs is 1. The van der Waals surface area contributed by atoms with Gasteiger partial charge in [-0.1, -0.05) is 0 Å². The maximum atomic E-state index is 12.7. The highest BCUT2D eigenvalue weighted by Gasteiger charge is 2.20. The zero-order valence-electron chi connectivity index (χ0n) is 20.0. The van der Waals surface area contributed by atoms with Crippen LogP contribution in [0, 0.1) is 0 Å². The summed E-state index contributed by atoms with van der Waals surface area (Å²) in [5, 5.41) is 3.63. The Morgan fingerprint density at radius 3 is 2.24 bits per heavy atom. The molecule has 190 valence electrons. The van der Waals surface area contributed by atoms with Gasteiger partial charge in [0.1, 0.15) is 5.56 Å². The number of hydrogen-bond donors (Lipinski definition) is 2. The van der Waals surface area contributed by atoms with Gasteiger partial charge in [0.25, 0.3) is 10.0 Å². The van der Waals surface area contributed by atoms with Crippen LogP contribution < -0.4 is 10.0 Å². The molecule has 0 spiro atoms. The van der Waals surface area contributed by atoms with Crippen LogP contribution in [-0.4, -0.2) is 48.5 Å². The first-order valence-corrected chi connectivity index (χ1v) is 12.7. The largest absolute Gasteiger partial charge is 0.462 e. The fourth-order valence-corrected chi connectivity index (χ4v) is 4.38. The predicted octanol–water partition coefficient (Wildman–Crippen LogP) is 3.92. The van der Waals surface area contributed by atoms with Crippen LogP contribution in [-0.2, 0) is 19.5 Å². The Labute approximate surface area is 212 Å². The number of anilines is 3. The highest BCUT2D eigenvalue weighted by molar-refractivity contribution is 7.92. The molecule has 0 saturated heterocycles. The van der Waals surface area contributed by atoms with E-state index in [2.05, 4.69) is 25.0 Å². The van der Waals surface area contributed by atoms with Crippen molar-refractivity contribution in [3.63, 3.8) is 0 Å². The Balaban J connectivity index is 1.71. The molecule has 2 aromatic heterocycles. The molecule has 0 aliphatic heterocycles. The van der Waals surface area contributed by atoms with Crippen LogP contribution >= 0.6 is 0 Å². The van der Waals surface area contributed by atoms with Crippen molar-refractivity contribution < 1.29 is 27.5 Å². The summed E-state index contributed by atoms with van der Waals surface area (Å²) in [6.45, 7) is 3.76. The Kier molecular flexibility index (Phi) is 7.58. The second kappa shape index (κ2) is 11.0. The van der Waals surface area contributed by atoms with E-state index in [9.17, 15) is 18.0 Å². The first-order valence-electron chi connectivity index (χ1n) is 11.3. The third-order valence-corrected chi connectivity index (χ3v) is 6.44.